The van der Waals surface area contributed by atoms with Gasteiger partial charge in [0.15, 0.2) is 23.9 Å². The maximum atomic E-state index is 11.9. The summed E-state index contributed by atoms with van der Waals surface area (Å²) in [7, 11) is 0. The number of aldehydes is 1. The van der Waals surface area contributed by atoms with Crippen LogP contribution < -0.4 is 9.47 Å². The summed E-state index contributed by atoms with van der Waals surface area (Å²) < 4.78 is 12.2. The first-order valence-electron chi connectivity index (χ1n) is 10.6. The molecular formula is C25H30O6. The molecule has 0 fully saturated rings. The quantitative estimate of drug-likeness (QED) is 0.648. The van der Waals surface area contributed by atoms with Crippen LogP contribution >= 0.6 is 0 Å². The van der Waals surface area contributed by atoms with Gasteiger partial charge in [-0.2, -0.15) is 0 Å². The number of aromatic hydroxyl groups is 1. The number of ether oxygens (including phenoxy) is 2. The average Bonchev–Trinajstić information content (AvgIpc) is 3.06. The van der Waals surface area contributed by atoms with Crippen LogP contribution in [0.1, 0.15) is 66.2 Å². The fraction of sp³-hybridized carbons (Fsp3) is 0.480. The SMILES string of the molecule is Cc1cc2c(c([C@@H]3c4c(ccc(O)c4C=O)C[C@H]3C(C)(C)O)c1)O[C@H](C(C)(C)O)CO2. The van der Waals surface area contributed by atoms with Gasteiger partial charge in [0.1, 0.15) is 12.4 Å². The highest BCUT2D eigenvalue weighted by molar-refractivity contribution is 5.84. The zero-order valence-electron chi connectivity index (χ0n) is 18.6. The molecule has 0 radical (unpaired) electrons. The number of benzene rings is 2. The first-order valence-corrected chi connectivity index (χ1v) is 10.6. The van der Waals surface area contributed by atoms with E-state index in [1.807, 2.05) is 25.1 Å². The van der Waals surface area contributed by atoms with E-state index in [4.69, 9.17) is 9.47 Å². The summed E-state index contributed by atoms with van der Waals surface area (Å²) in [5.74, 6) is 0.367. The van der Waals surface area contributed by atoms with E-state index in [0.717, 1.165) is 16.7 Å². The lowest BCUT2D eigenvalue weighted by molar-refractivity contribution is -0.0662. The number of phenolic OH excluding ortho intramolecular Hbond substituents is 1. The van der Waals surface area contributed by atoms with Crippen molar-refractivity contribution in [1.82, 2.24) is 0 Å². The van der Waals surface area contributed by atoms with Crippen LogP contribution in [0.5, 0.6) is 17.2 Å². The molecule has 4 rings (SSSR count). The molecule has 2 aromatic rings. The molecule has 0 saturated carbocycles. The molecule has 0 bridgehead atoms. The van der Waals surface area contributed by atoms with Gasteiger partial charge in [-0.1, -0.05) is 12.1 Å². The number of carbonyl (C=O) groups excluding carboxylic acids is 1. The zero-order chi connectivity index (χ0) is 22.7. The lowest BCUT2D eigenvalue weighted by Gasteiger charge is -2.38. The van der Waals surface area contributed by atoms with Crippen molar-refractivity contribution >= 4 is 6.29 Å². The molecule has 0 unspecified atom stereocenters. The van der Waals surface area contributed by atoms with E-state index in [0.29, 0.717) is 29.8 Å². The molecule has 1 heterocycles. The fourth-order valence-corrected chi connectivity index (χ4v) is 4.85. The second-order valence-electron chi connectivity index (χ2n) is 9.88. The van der Waals surface area contributed by atoms with Crippen molar-refractivity contribution in [3.63, 3.8) is 0 Å². The minimum atomic E-state index is -1.12. The summed E-state index contributed by atoms with van der Waals surface area (Å²) in [6.07, 6.45) is 0.661. The number of aryl methyl sites for hydroxylation is 1. The molecule has 2 aromatic carbocycles. The third-order valence-corrected chi connectivity index (χ3v) is 6.53. The molecule has 166 valence electrons. The van der Waals surface area contributed by atoms with Gasteiger partial charge in [-0.25, -0.2) is 0 Å². The summed E-state index contributed by atoms with van der Waals surface area (Å²) in [4.78, 5) is 11.9. The van der Waals surface area contributed by atoms with E-state index >= 15 is 0 Å². The monoisotopic (exact) mass is 426 g/mol. The normalized spacial score (nSPS) is 22.9. The highest BCUT2D eigenvalue weighted by Gasteiger charge is 2.46. The molecule has 6 heteroatoms. The number of rotatable bonds is 4. The molecule has 0 saturated heterocycles. The Kier molecular flexibility index (Phi) is 5.06. The Bertz CT molecular complexity index is 1030. The second-order valence-corrected chi connectivity index (χ2v) is 9.88. The Balaban J connectivity index is 1.96. The molecule has 0 aromatic heterocycles. The van der Waals surface area contributed by atoms with Crippen LogP contribution in [-0.2, 0) is 6.42 Å². The summed E-state index contributed by atoms with van der Waals surface area (Å²) in [5, 5.41) is 31.9. The lowest BCUT2D eigenvalue weighted by atomic mass is 9.75. The Hall–Kier alpha value is -2.57. The van der Waals surface area contributed by atoms with E-state index < -0.39 is 17.3 Å². The topological polar surface area (TPSA) is 96.2 Å². The Morgan fingerprint density at radius 2 is 1.81 bits per heavy atom. The van der Waals surface area contributed by atoms with Crippen molar-refractivity contribution < 1.29 is 29.6 Å². The molecule has 6 nitrogen and oxygen atoms in total. The molecular weight excluding hydrogens is 396 g/mol. The van der Waals surface area contributed by atoms with Crippen LogP contribution in [-0.4, -0.2) is 45.5 Å². The van der Waals surface area contributed by atoms with Gasteiger partial charge in [-0.3, -0.25) is 4.79 Å². The number of phenols is 1. The molecule has 31 heavy (non-hydrogen) atoms. The van der Waals surface area contributed by atoms with Crippen molar-refractivity contribution in [3.8, 4) is 17.2 Å². The summed E-state index contributed by atoms with van der Waals surface area (Å²) >= 11 is 0. The zero-order valence-corrected chi connectivity index (χ0v) is 18.6. The maximum Gasteiger partial charge on any atom is 0.165 e. The molecule has 0 amide bonds. The van der Waals surface area contributed by atoms with Gasteiger partial charge in [-0.15, -0.1) is 0 Å². The van der Waals surface area contributed by atoms with Crippen LogP contribution in [0.4, 0.5) is 0 Å². The summed E-state index contributed by atoms with van der Waals surface area (Å²) in [6.45, 7) is 9.04. The average molecular weight is 427 g/mol. The predicted molar refractivity (Wildman–Crippen MR) is 116 cm³/mol. The van der Waals surface area contributed by atoms with Crippen molar-refractivity contribution in [1.29, 1.82) is 0 Å². The van der Waals surface area contributed by atoms with Gasteiger partial charge in [0.05, 0.1) is 16.8 Å². The molecule has 2 aliphatic rings. The third-order valence-electron chi connectivity index (χ3n) is 6.53. The molecule has 0 spiro atoms. The van der Waals surface area contributed by atoms with E-state index in [1.54, 1.807) is 27.7 Å². The number of hydrogen-bond acceptors (Lipinski definition) is 6. The van der Waals surface area contributed by atoms with Crippen LogP contribution in [0.2, 0.25) is 0 Å². The van der Waals surface area contributed by atoms with Crippen molar-refractivity contribution in [2.24, 2.45) is 5.92 Å². The van der Waals surface area contributed by atoms with Gasteiger partial charge in [-0.05, 0) is 69.9 Å². The van der Waals surface area contributed by atoms with Gasteiger partial charge in [0.2, 0.25) is 0 Å². The van der Waals surface area contributed by atoms with Gasteiger partial charge < -0.3 is 24.8 Å². The minimum Gasteiger partial charge on any atom is -0.507 e. The number of aliphatic hydroxyl groups is 2. The highest BCUT2D eigenvalue weighted by Crippen LogP contribution is 2.54. The first-order chi connectivity index (χ1) is 14.4. The summed E-state index contributed by atoms with van der Waals surface area (Å²) in [6, 6.07) is 7.21. The van der Waals surface area contributed by atoms with Gasteiger partial charge >= 0.3 is 0 Å². The summed E-state index contributed by atoms with van der Waals surface area (Å²) in [5.41, 5.74) is 1.43. The molecule has 3 atom stereocenters. The highest BCUT2D eigenvalue weighted by atomic mass is 16.6. The van der Waals surface area contributed by atoms with Crippen LogP contribution in [0.25, 0.3) is 0 Å². The Labute approximate surface area is 182 Å². The smallest absolute Gasteiger partial charge is 0.165 e. The number of hydrogen-bond donors (Lipinski definition) is 3. The minimum absolute atomic E-state index is 0.0804. The second kappa shape index (κ2) is 7.24. The predicted octanol–water partition coefficient (Wildman–Crippen LogP) is 3.50. The Morgan fingerprint density at radius 3 is 2.42 bits per heavy atom. The first kappa shape index (κ1) is 21.7. The number of fused-ring (bicyclic) bond motifs is 2. The largest absolute Gasteiger partial charge is 0.507 e. The molecule has 3 N–H and O–H groups in total. The molecule has 1 aliphatic carbocycles. The Morgan fingerprint density at radius 1 is 1.10 bits per heavy atom. The fourth-order valence-electron chi connectivity index (χ4n) is 4.85. The lowest BCUT2D eigenvalue weighted by Crippen LogP contribution is -2.46. The van der Waals surface area contributed by atoms with Crippen molar-refractivity contribution in [3.05, 3.63) is 52.1 Å². The standard InChI is InChI=1S/C25H30O6/c1-13-8-15(23-19(9-13)30-12-20(31-23)25(4,5)29)22-17(24(2,3)28)10-14-6-7-18(27)16(11-26)21(14)22/h6-9,11,17,20,22,27-29H,10,12H2,1-5H3/t17-,20+,22+/m1/s1. The third kappa shape index (κ3) is 3.68. The van der Waals surface area contributed by atoms with E-state index in [2.05, 4.69) is 0 Å². The molecule has 1 aliphatic heterocycles. The van der Waals surface area contributed by atoms with E-state index in [1.165, 1.54) is 6.07 Å². The van der Waals surface area contributed by atoms with Gasteiger partial charge in [0.25, 0.3) is 0 Å². The van der Waals surface area contributed by atoms with Crippen molar-refractivity contribution in [2.75, 3.05) is 6.61 Å². The van der Waals surface area contributed by atoms with Crippen LogP contribution in [0, 0.1) is 12.8 Å². The maximum absolute atomic E-state index is 11.9. The van der Waals surface area contributed by atoms with Crippen LogP contribution in [0.15, 0.2) is 24.3 Å². The van der Waals surface area contributed by atoms with Crippen LogP contribution in [0.3, 0.4) is 0 Å². The van der Waals surface area contributed by atoms with Gasteiger partial charge in [0, 0.05) is 17.4 Å². The van der Waals surface area contributed by atoms with E-state index in [-0.39, 0.29) is 29.8 Å². The van der Waals surface area contributed by atoms with Crippen molar-refractivity contribution in [2.45, 2.75) is 64.3 Å². The number of carbonyl (C=O) groups is 1. The van der Waals surface area contributed by atoms with E-state index in [9.17, 15) is 20.1 Å².